The number of rotatable bonds is 7. The molecule has 0 radical (unpaired) electrons. The summed E-state index contributed by atoms with van der Waals surface area (Å²) in [6, 6.07) is 16.2. The predicted molar refractivity (Wildman–Crippen MR) is 85.5 cm³/mol. The van der Waals surface area contributed by atoms with Gasteiger partial charge in [0.05, 0.1) is 11.0 Å². The number of thioether (sulfide) groups is 1. The molecule has 0 aliphatic heterocycles. The molecular formula is C16H17NO3S. The quantitative estimate of drug-likeness (QED) is 0.482. The topological polar surface area (TPSA) is 63.4 Å². The van der Waals surface area contributed by atoms with E-state index in [1.165, 1.54) is 12.1 Å². The number of non-ortho nitro benzene ring substituents is 1. The van der Waals surface area contributed by atoms with Crippen molar-refractivity contribution in [2.45, 2.75) is 12.5 Å². The Morgan fingerprint density at radius 2 is 1.76 bits per heavy atom. The number of aryl methyl sites for hydroxylation is 1. The zero-order chi connectivity index (χ0) is 15.1. The fourth-order valence-electron chi connectivity index (χ4n) is 1.94. The smallest absolute Gasteiger partial charge is 0.269 e. The van der Waals surface area contributed by atoms with Crippen molar-refractivity contribution in [2.24, 2.45) is 0 Å². The third kappa shape index (κ3) is 4.88. The van der Waals surface area contributed by atoms with Crippen molar-refractivity contribution in [1.29, 1.82) is 0 Å². The van der Waals surface area contributed by atoms with Crippen molar-refractivity contribution in [3.05, 3.63) is 75.8 Å². The van der Waals surface area contributed by atoms with E-state index in [2.05, 4.69) is 0 Å². The van der Waals surface area contributed by atoms with E-state index in [1.54, 1.807) is 23.9 Å². The van der Waals surface area contributed by atoms with Crippen LogP contribution in [0.2, 0.25) is 0 Å². The van der Waals surface area contributed by atoms with Gasteiger partial charge in [-0.05, 0) is 23.3 Å². The fraction of sp³-hybridized carbons (Fsp3) is 0.250. The van der Waals surface area contributed by atoms with Crippen LogP contribution in [0.25, 0.3) is 0 Å². The molecule has 0 spiro atoms. The normalized spacial score (nSPS) is 12.0. The first-order valence-electron chi connectivity index (χ1n) is 6.71. The molecule has 0 amide bonds. The lowest BCUT2D eigenvalue weighted by Gasteiger charge is -2.10. The molecule has 0 saturated heterocycles. The Hall–Kier alpha value is -1.85. The first-order chi connectivity index (χ1) is 10.2. The molecule has 2 aromatic carbocycles. The van der Waals surface area contributed by atoms with Crippen LogP contribution in [0, 0.1) is 10.1 Å². The van der Waals surface area contributed by atoms with Gasteiger partial charge >= 0.3 is 0 Å². The first kappa shape index (κ1) is 15.5. The maximum atomic E-state index is 10.6. The second-order valence-corrected chi connectivity index (χ2v) is 5.82. The van der Waals surface area contributed by atoms with Crippen LogP contribution in [0.3, 0.4) is 0 Å². The van der Waals surface area contributed by atoms with E-state index in [0.29, 0.717) is 5.75 Å². The largest absolute Gasteiger partial charge is 0.388 e. The van der Waals surface area contributed by atoms with Gasteiger partial charge in [0.15, 0.2) is 0 Å². The van der Waals surface area contributed by atoms with Crippen LogP contribution in [-0.4, -0.2) is 21.5 Å². The number of hydrogen-bond donors (Lipinski definition) is 1. The number of aliphatic hydroxyl groups is 1. The van der Waals surface area contributed by atoms with E-state index in [0.717, 1.165) is 23.3 Å². The molecule has 0 aliphatic carbocycles. The first-order valence-corrected chi connectivity index (χ1v) is 7.86. The number of benzene rings is 2. The zero-order valence-corrected chi connectivity index (χ0v) is 12.3. The Balaban J connectivity index is 1.73. The van der Waals surface area contributed by atoms with Crippen molar-refractivity contribution < 1.29 is 10.0 Å². The number of nitro groups is 1. The molecule has 0 aromatic heterocycles. The van der Waals surface area contributed by atoms with Gasteiger partial charge in [-0.15, -0.1) is 0 Å². The van der Waals surface area contributed by atoms with Gasteiger partial charge in [0.1, 0.15) is 0 Å². The van der Waals surface area contributed by atoms with E-state index >= 15 is 0 Å². The van der Waals surface area contributed by atoms with Gasteiger partial charge in [-0.3, -0.25) is 10.1 Å². The minimum Gasteiger partial charge on any atom is -0.388 e. The molecule has 1 unspecified atom stereocenters. The Morgan fingerprint density at radius 1 is 1.10 bits per heavy atom. The van der Waals surface area contributed by atoms with Crippen LogP contribution in [0.1, 0.15) is 17.2 Å². The highest BCUT2D eigenvalue weighted by Crippen LogP contribution is 2.19. The molecule has 0 bridgehead atoms. The van der Waals surface area contributed by atoms with Crippen LogP contribution in [0.15, 0.2) is 54.6 Å². The third-order valence-corrected chi connectivity index (χ3v) is 4.19. The molecule has 1 atom stereocenters. The van der Waals surface area contributed by atoms with Crippen LogP contribution in [0.5, 0.6) is 0 Å². The SMILES string of the molecule is O=[N+]([O-])c1ccc(CCSCC(O)c2ccccc2)cc1. The molecule has 0 aliphatic rings. The summed E-state index contributed by atoms with van der Waals surface area (Å²) < 4.78 is 0. The van der Waals surface area contributed by atoms with E-state index in [9.17, 15) is 15.2 Å². The fourth-order valence-corrected chi connectivity index (χ4v) is 2.90. The lowest BCUT2D eigenvalue weighted by Crippen LogP contribution is -2.01. The lowest BCUT2D eigenvalue weighted by molar-refractivity contribution is -0.384. The Labute approximate surface area is 128 Å². The molecule has 1 N–H and O–H groups in total. The maximum absolute atomic E-state index is 10.6. The van der Waals surface area contributed by atoms with Crippen molar-refractivity contribution >= 4 is 17.4 Å². The summed E-state index contributed by atoms with van der Waals surface area (Å²) in [5, 5.41) is 20.6. The van der Waals surface area contributed by atoms with E-state index in [1.807, 2.05) is 30.3 Å². The van der Waals surface area contributed by atoms with E-state index in [-0.39, 0.29) is 5.69 Å². The molecule has 5 heteroatoms. The molecule has 0 heterocycles. The predicted octanol–water partition coefficient (Wildman–Crippen LogP) is 3.60. The van der Waals surface area contributed by atoms with Gasteiger partial charge in [0, 0.05) is 17.9 Å². The molecule has 21 heavy (non-hydrogen) atoms. The summed E-state index contributed by atoms with van der Waals surface area (Å²) in [5.41, 5.74) is 2.12. The highest BCUT2D eigenvalue weighted by Gasteiger charge is 2.07. The van der Waals surface area contributed by atoms with Gasteiger partial charge in [-0.25, -0.2) is 0 Å². The molecule has 4 nitrogen and oxygen atoms in total. The lowest BCUT2D eigenvalue weighted by atomic mass is 10.1. The van der Waals surface area contributed by atoms with Crippen molar-refractivity contribution in [3.8, 4) is 0 Å². The summed E-state index contributed by atoms with van der Waals surface area (Å²) in [6.45, 7) is 0. The molecule has 0 fully saturated rings. The average molecular weight is 303 g/mol. The number of nitrogens with zero attached hydrogens (tertiary/aromatic N) is 1. The molecule has 110 valence electrons. The Kier molecular flexibility index (Phi) is 5.78. The van der Waals surface area contributed by atoms with E-state index in [4.69, 9.17) is 0 Å². The van der Waals surface area contributed by atoms with Gasteiger partial charge in [-0.1, -0.05) is 42.5 Å². The Morgan fingerprint density at radius 3 is 2.38 bits per heavy atom. The molecule has 0 saturated carbocycles. The van der Waals surface area contributed by atoms with Crippen LogP contribution >= 0.6 is 11.8 Å². The summed E-state index contributed by atoms with van der Waals surface area (Å²) in [4.78, 5) is 10.2. The monoisotopic (exact) mass is 303 g/mol. The number of nitro benzene ring substituents is 1. The van der Waals surface area contributed by atoms with Crippen molar-refractivity contribution in [3.63, 3.8) is 0 Å². The molecule has 2 aromatic rings. The summed E-state index contributed by atoms with van der Waals surface area (Å²) in [5.74, 6) is 1.53. The summed E-state index contributed by atoms with van der Waals surface area (Å²) in [7, 11) is 0. The number of hydrogen-bond acceptors (Lipinski definition) is 4. The maximum Gasteiger partial charge on any atom is 0.269 e. The van der Waals surface area contributed by atoms with Crippen LogP contribution in [-0.2, 0) is 6.42 Å². The zero-order valence-electron chi connectivity index (χ0n) is 11.5. The van der Waals surface area contributed by atoms with Crippen LogP contribution in [0.4, 0.5) is 5.69 Å². The highest BCUT2D eigenvalue weighted by atomic mass is 32.2. The second-order valence-electron chi connectivity index (χ2n) is 4.67. The third-order valence-electron chi connectivity index (χ3n) is 3.14. The molecule has 2 rings (SSSR count). The summed E-state index contributed by atoms with van der Waals surface area (Å²) in [6.07, 6.45) is 0.387. The van der Waals surface area contributed by atoms with Gasteiger partial charge in [-0.2, -0.15) is 11.8 Å². The molecular weight excluding hydrogens is 286 g/mol. The van der Waals surface area contributed by atoms with Gasteiger partial charge < -0.3 is 5.11 Å². The van der Waals surface area contributed by atoms with Crippen molar-refractivity contribution in [1.82, 2.24) is 0 Å². The second kappa shape index (κ2) is 7.81. The highest BCUT2D eigenvalue weighted by molar-refractivity contribution is 7.99. The van der Waals surface area contributed by atoms with Crippen molar-refractivity contribution in [2.75, 3.05) is 11.5 Å². The van der Waals surface area contributed by atoms with E-state index < -0.39 is 11.0 Å². The Bertz CT molecular complexity index is 572. The summed E-state index contributed by atoms with van der Waals surface area (Å²) >= 11 is 1.68. The number of aliphatic hydroxyl groups excluding tert-OH is 1. The standard InChI is InChI=1S/C16H17NO3S/c18-16(14-4-2-1-3-5-14)12-21-11-10-13-6-8-15(9-7-13)17(19)20/h1-9,16,18H,10-12H2. The van der Waals surface area contributed by atoms with Gasteiger partial charge in [0.2, 0.25) is 0 Å². The van der Waals surface area contributed by atoms with Gasteiger partial charge in [0.25, 0.3) is 5.69 Å². The van der Waals surface area contributed by atoms with Crippen LogP contribution < -0.4 is 0 Å². The minimum absolute atomic E-state index is 0.117. The average Bonchev–Trinajstić information content (AvgIpc) is 2.52. The minimum atomic E-state index is -0.451.